The molecule has 1 heterocycles. The molecule has 0 radical (unpaired) electrons. The highest BCUT2D eigenvalue weighted by Gasteiger charge is 2.18. The van der Waals surface area contributed by atoms with Gasteiger partial charge in [-0.05, 0) is 43.5 Å². The number of amides is 3. The third kappa shape index (κ3) is 3.96. The number of halogens is 1. The van der Waals surface area contributed by atoms with E-state index in [2.05, 4.69) is 26.6 Å². The zero-order valence-corrected chi connectivity index (χ0v) is 13.0. The fourth-order valence-electron chi connectivity index (χ4n) is 2.13. The van der Waals surface area contributed by atoms with Gasteiger partial charge in [-0.2, -0.15) is 0 Å². The molecule has 0 aromatic heterocycles. The molecule has 0 bridgehead atoms. The molecule has 1 aliphatic rings. The molecule has 3 amide bonds. The lowest BCUT2D eigenvalue weighted by Gasteiger charge is -2.15. The van der Waals surface area contributed by atoms with E-state index < -0.39 is 0 Å². The Bertz CT molecular complexity index is 513. The zero-order valence-electron chi connectivity index (χ0n) is 11.4. The normalized spacial score (nSPS) is 14.2. The van der Waals surface area contributed by atoms with Crippen LogP contribution in [0.1, 0.15) is 18.4 Å². The lowest BCUT2D eigenvalue weighted by atomic mass is 10.2. The first-order valence-corrected chi connectivity index (χ1v) is 7.44. The Morgan fingerprint density at radius 3 is 2.65 bits per heavy atom. The van der Waals surface area contributed by atoms with Gasteiger partial charge in [0.25, 0.3) is 0 Å². The topological polar surface area (TPSA) is 61.4 Å². The van der Waals surface area contributed by atoms with E-state index in [1.165, 1.54) is 0 Å². The van der Waals surface area contributed by atoms with Crippen LogP contribution < -0.4 is 10.6 Å². The number of likely N-dealkylation sites (tertiary alicyclic amines) is 1. The van der Waals surface area contributed by atoms with Gasteiger partial charge >= 0.3 is 6.03 Å². The summed E-state index contributed by atoms with van der Waals surface area (Å²) >= 11 is 3.40. The highest BCUT2D eigenvalue weighted by molar-refractivity contribution is 9.10. The van der Waals surface area contributed by atoms with Crippen LogP contribution in [-0.2, 0) is 4.79 Å². The number of benzene rings is 1. The minimum absolute atomic E-state index is 0.0235. The molecule has 20 heavy (non-hydrogen) atoms. The van der Waals surface area contributed by atoms with Crippen molar-refractivity contribution in [1.29, 1.82) is 0 Å². The number of carbonyl (C=O) groups is 2. The third-order valence-corrected chi connectivity index (χ3v) is 4.16. The van der Waals surface area contributed by atoms with Crippen LogP contribution in [0.15, 0.2) is 22.7 Å². The van der Waals surface area contributed by atoms with Crippen LogP contribution >= 0.6 is 15.9 Å². The molecule has 2 rings (SSSR count). The molecule has 5 nitrogen and oxygen atoms in total. The number of urea groups is 1. The van der Waals surface area contributed by atoms with E-state index in [0.29, 0.717) is 5.69 Å². The Morgan fingerprint density at radius 1 is 1.30 bits per heavy atom. The molecule has 6 heteroatoms. The van der Waals surface area contributed by atoms with Crippen molar-refractivity contribution in [2.24, 2.45) is 0 Å². The van der Waals surface area contributed by atoms with Crippen LogP contribution in [0, 0.1) is 6.92 Å². The van der Waals surface area contributed by atoms with Crippen LogP contribution in [0.5, 0.6) is 0 Å². The van der Waals surface area contributed by atoms with Crippen molar-refractivity contribution < 1.29 is 9.59 Å². The van der Waals surface area contributed by atoms with Crippen LogP contribution in [0.25, 0.3) is 0 Å². The Labute approximate surface area is 126 Å². The number of carbonyl (C=O) groups excluding carboxylic acids is 2. The molecule has 0 atom stereocenters. The van der Waals surface area contributed by atoms with Crippen molar-refractivity contribution in [1.82, 2.24) is 10.2 Å². The summed E-state index contributed by atoms with van der Waals surface area (Å²) in [5.41, 5.74) is 1.74. The van der Waals surface area contributed by atoms with E-state index in [1.54, 1.807) is 11.0 Å². The number of anilines is 1. The first-order chi connectivity index (χ1) is 9.56. The second kappa shape index (κ2) is 6.74. The molecule has 1 aliphatic heterocycles. The number of hydrogen-bond donors (Lipinski definition) is 2. The summed E-state index contributed by atoms with van der Waals surface area (Å²) in [6, 6.07) is 5.19. The van der Waals surface area contributed by atoms with Gasteiger partial charge in [0.15, 0.2) is 0 Å². The SMILES string of the molecule is Cc1cc(NC(=O)NCC(=O)N2CCCC2)ccc1Br. The van der Waals surface area contributed by atoms with E-state index in [0.717, 1.165) is 36.0 Å². The summed E-state index contributed by atoms with van der Waals surface area (Å²) in [4.78, 5) is 25.3. The standard InChI is InChI=1S/C14H18BrN3O2/c1-10-8-11(4-5-12(10)15)17-14(20)16-9-13(19)18-6-2-3-7-18/h4-5,8H,2-3,6-7,9H2,1H3,(H2,16,17,20). The predicted molar refractivity (Wildman–Crippen MR) is 81.7 cm³/mol. The van der Waals surface area contributed by atoms with Gasteiger partial charge in [-0.3, -0.25) is 4.79 Å². The molecule has 1 saturated heterocycles. The van der Waals surface area contributed by atoms with E-state index in [-0.39, 0.29) is 18.5 Å². The van der Waals surface area contributed by atoms with Gasteiger partial charge in [-0.1, -0.05) is 15.9 Å². The van der Waals surface area contributed by atoms with Crippen LogP contribution in [0.2, 0.25) is 0 Å². The van der Waals surface area contributed by atoms with Crippen molar-refractivity contribution in [3.05, 3.63) is 28.2 Å². The summed E-state index contributed by atoms with van der Waals surface area (Å²) in [6.07, 6.45) is 2.10. The van der Waals surface area contributed by atoms with Crippen molar-refractivity contribution >= 4 is 33.6 Å². The molecular weight excluding hydrogens is 322 g/mol. The van der Waals surface area contributed by atoms with Crippen molar-refractivity contribution in [2.45, 2.75) is 19.8 Å². The molecule has 0 spiro atoms. The molecule has 0 saturated carbocycles. The molecular formula is C14H18BrN3O2. The Morgan fingerprint density at radius 2 is 2.00 bits per heavy atom. The lowest BCUT2D eigenvalue weighted by Crippen LogP contribution is -2.40. The summed E-state index contributed by atoms with van der Waals surface area (Å²) < 4.78 is 0.993. The van der Waals surface area contributed by atoms with Gasteiger partial charge in [0.2, 0.25) is 5.91 Å². The number of nitrogens with one attached hydrogen (secondary N) is 2. The maximum absolute atomic E-state index is 11.8. The number of rotatable bonds is 3. The van der Waals surface area contributed by atoms with Gasteiger partial charge in [0, 0.05) is 23.2 Å². The zero-order chi connectivity index (χ0) is 14.5. The first-order valence-electron chi connectivity index (χ1n) is 6.65. The van der Waals surface area contributed by atoms with E-state index in [1.807, 2.05) is 19.1 Å². The van der Waals surface area contributed by atoms with E-state index >= 15 is 0 Å². The average Bonchev–Trinajstić information content (AvgIpc) is 2.94. The average molecular weight is 340 g/mol. The van der Waals surface area contributed by atoms with Crippen LogP contribution in [-0.4, -0.2) is 36.5 Å². The quantitative estimate of drug-likeness (QED) is 0.888. The van der Waals surface area contributed by atoms with Crippen LogP contribution in [0.3, 0.4) is 0 Å². The first kappa shape index (κ1) is 14.8. The van der Waals surface area contributed by atoms with Gasteiger partial charge in [-0.15, -0.1) is 0 Å². The second-order valence-corrected chi connectivity index (χ2v) is 5.71. The fourth-order valence-corrected chi connectivity index (χ4v) is 2.38. The molecule has 1 aromatic rings. The molecule has 108 valence electrons. The Hall–Kier alpha value is -1.56. The second-order valence-electron chi connectivity index (χ2n) is 4.86. The molecule has 2 N–H and O–H groups in total. The van der Waals surface area contributed by atoms with Crippen LogP contribution in [0.4, 0.5) is 10.5 Å². The minimum Gasteiger partial charge on any atom is -0.341 e. The largest absolute Gasteiger partial charge is 0.341 e. The summed E-state index contributed by atoms with van der Waals surface area (Å²) in [5, 5.41) is 5.30. The number of hydrogen-bond acceptors (Lipinski definition) is 2. The lowest BCUT2D eigenvalue weighted by molar-refractivity contribution is -0.128. The summed E-state index contributed by atoms with van der Waals surface area (Å²) in [6.45, 7) is 3.59. The Kier molecular flexibility index (Phi) is 5.00. The summed E-state index contributed by atoms with van der Waals surface area (Å²) in [5.74, 6) is -0.0235. The third-order valence-electron chi connectivity index (χ3n) is 3.27. The van der Waals surface area contributed by atoms with Crippen molar-refractivity contribution in [3.8, 4) is 0 Å². The smallest absolute Gasteiger partial charge is 0.319 e. The van der Waals surface area contributed by atoms with E-state index in [4.69, 9.17) is 0 Å². The fraction of sp³-hybridized carbons (Fsp3) is 0.429. The Balaban J connectivity index is 1.80. The maximum atomic E-state index is 11.8. The summed E-state index contributed by atoms with van der Waals surface area (Å²) in [7, 11) is 0. The molecule has 1 aromatic carbocycles. The predicted octanol–water partition coefficient (Wildman–Crippen LogP) is 2.50. The van der Waals surface area contributed by atoms with Gasteiger partial charge in [-0.25, -0.2) is 4.79 Å². The van der Waals surface area contributed by atoms with Crippen molar-refractivity contribution in [2.75, 3.05) is 25.0 Å². The molecule has 0 unspecified atom stereocenters. The molecule has 0 aliphatic carbocycles. The van der Waals surface area contributed by atoms with Gasteiger partial charge in [0.1, 0.15) is 0 Å². The van der Waals surface area contributed by atoms with Crippen molar-refractivity contribution in [3.63, 3.8) is 0 Å². The number of aryl methyl sites for hydroxylation is 1. The van der Waals surface area contributed by atoms with E-state index in [9.17, 15) is 9.59 Å². The number of nitrogens with zero attached hydrogens (tertiary/aromatic N) is 1. The monoisotopic (exact) mass is 339 g/mol. The highest BCUT2D eigenvalue weighted by Crippen LogP contribution is 2.19. The molecule has 1 fully saturated rings. The minimum atomic E-state index is -0.362. The van der Waals surface area contributed by atoms with Gasteiger partial charge < -0.3 is 15.5 Å². The highest BCUT2D eigenvalue weighted by atomic mass is 79.9. The maximum Gasteiger partial charge on any atom is 0.319 e. The van der Waals surface area contributed by atoms with Gasteiger partial charge in [0.05, 0.1) is 6.54 Å².